The Balaban J connectivity index is 1.87. The normalized spacial score (nSPS) is 14.7. The monoisotopic (exact) mass is 370 g/mol. The Morgan fingerprint density at radius 3 is 2.78 bits per heavy atom. The van der Waals surface area contributed by atoms with Gasteiger partial charge in [0.05, 0.1) is 7.11 Å². The van der Waals surface area contributed by atoms with Crippen molar-refractivity contribution in [3.05, 3.63) is 65.1 Å². The average molecular weight is 370 g/mol. The molecule has 2 aromatic carbocycles. The highest BCUT2D eigenvalue weighted by atomic mass is 19.1. The van der Waals surface area contributed by atoms with E-state index >= 15 is 0 Å². The number of rotatable bonds is 6. The number of carbonyl (C=O) groups is 2. The molecule has 7 nitrogen and oxygen atoms in total. The maximum Gasteiger partial charge on any atom is 0.363 e. The number of nitrogens with zero attached hydrogens (tertiary/aromatic N) is 1. The van der Waals surface area contributed by atoms with Gasteiger partial charge in [0.1, 0.15) is 5.82 Å². The topological polar surface area (TPSA) is 100 Å². The molecule has 0 bridgehead atoms. The number of carbonyl (C=O) groups excluding carboxylic acids is 2. The van der Waals surface area contributed by atoms with Crippen LogP contribution < -0.4 is 15.2 Å². The Morgan fingerprint density at radius 2 is 2.07 bits per heavy atom. The van der Waals surface area contributed by atoms with Crippen LogP contribution in [0.4, 0.5) is 4.39 Å². The fourth-order valence-electron chi connectivity index (χ4n) is 2.35. The molecule has 1 aliphatic rings. The Labute approximate surface area is 153 Å². The molecule has 0 aromatic heterocycles. The van der Waals surface area contributed by atoms with E-state index in [0.717, 1.165) is 0 Å². The van der Waals surface area contributed by atoms with Crippen molar-refractivity contribution in [2.75, 3.05) is 13.7 Å². The van der Waals surface area contributed by atoms with Crippen LogP contribution in [0, 0.1) is 5.82 Å². The lowest BCUT2D eigenvalue weighted by Gasteiger charge is -2.09. The van der Waals surface area contributed by atoms with Gasteiger partial charge < -0.3 is 19.9 Å². The minimum absolute atomic E-state index is 0.0270. The SMILES string of the molecule is COc1cc(/C=C2\N=C(c3cccc(F)c3)OC2=O)ccc1OCC(N)=O. The van der Waals surface area contributed by atoms with E-state index in [9.17, 15) is 14.0 Å². The summed E-state index contributed by atoms with van der Waals surface area (Å²) in [4.78, 5) is 27.0. The third-order valence-electron chi connectivity index (χ3n) is 3.55. The van der Waals surface area contributed by atoms with Crippen molar-refractivity contribution in [3.8, 4) is 11.5 Å². The van der Waals surface area contributed by atoms with E-state index in [0.29, 0.717) is 22.6 Å². The summed E-state index contributed by atoms with van der Waals surface area (Å²) in [6.45, 7) is -0.287. The molecule has 0 aliphatic carbocycles. The Bertz CT molecular complexity index is 968. The van der Waals surface area contributed by atoms with Crippen LogP contribution in [0.2, 0.25) is 0 Å². The highest BCUT2D eigenvalue weighted by molar-refractivity contribution is 6.12. The predicted molar refractivity (Wildman–Crippen MR) is 94.7 cm³/mol. The van der Waals surface area contributed by atoms with Gasteiger partial charge in [0, 0.05) is 5.56 Å². The molecule has 0 saturated heterocycles. The maximum atomic E-state index is 13.3. The van der Waals surface area contributed by atoms with E-state index < -0.39 is 17.7 Å². The van der Waals surface area contributed by atoms with E-state index in [-0.39, 0.29) is 18.2 Å². The lowest BCUT2D eigenvalue weighted by molar-refractivity contribution is -0.130. The minimum atomic E-state index is -0.651. The highest BCUT2D eigenvalue weighted by Gasteiger charge is 2.24. The van der Waals surface area contributed by atoms with E-state index in [1.54, 1.807) is 24.3 Å². The fraction of sp³-hybridized carbons (Fsp3) is 0.105. The van der Waals surface area contributed by atoms with Crippen LogP contribution in [-0.2, 0) is 14.3 Å². The third-order valence-corrected chi connectivity index (χ3v) is 3.55. The molecule has 27 heavy (non-hydrogen) atoms. The van der Waals surface area contributed by atoms with Gasteiger partial charge in [-0.15, -0.1) is 0 Å². The molecule has 8 heteroatoms. The van der Waals surface area contributed by atoms with E-state index in [4.69, 9.17) is 19.9 Å². The Morgan fingerprint density at radius 1 is 1.26 bits per heavy atom. The molecule has 0 fully saturated rings. The molecule has 1 amide bonds. The van der Waals surface area contributed by atoms with Gasteiger partial charge in [-0.05, 0) is 42.0 Å². The molecule has 1 heterocycles. The second kappa shape index (κ2) is 7.69. The van der Waals surface area contributed by atoms with Gasteiger partial charge in [-0.3, -0.25) is 4.79 Å². The van der Waals surface area contributed by atoms with E-state index in [2.05, 4.69) is 4.99 Å². The first kappa shape index (κ1) is 18.1. The molecule has 1 aliphatic heterocycles. The van der Waals surface area contributed by atoms with Crippen LogP contribution in [-0.4, -0.2) is 31.5 Å². The van der Waals surface area contributed by atoms with Crippen LogP contribution in [0.15, 0.2) is 53.2 Å². The fourth-order valence-corrected chi connectivity index (χ4v) is 2.35. The lowest BCUT2D eigenvalue weighted by atomic mass is 10.1. The molecule has 0 unspecified atom stereocenters. The molecule has 0 atom stereocenters. The third kappa shape index (κ3) is 4.30. The molecule has 0 spiro atoms. The first-order valence-electron chi connectivity index (χ1n) is 7.84. The summed E-state index contributed by atoms with van der Waals surface area (Å²) >= 11 is 0. The molecular weight excluding hydrogens is 355 g/mol. The van der Waals surface area contributed by atoms with Gasteiger partial charge in [0.25, 0.3) is 5.91 Å². The first-order valence-corrected chi connectivity index (χ1v) is 7.84. The Hall–Kier alpha value is -3.68. The quantitative estimate of drug-likeness (QED) is 0.620. The number of hydrogen-bond acceptors (Lipinski definition) is 6. The number of esters is 1. The second-order valence-corrected chi connectivity index (χ2v) is 5.51. The van der Waals surface area contributed by atoms with Gasteiger partial charge in [-0.2, -0.15) is 0 Å². The zero-order valence-electron chi connectivity index (χ0n) is 14.3. The van der Waals surface area contributed by atoms with E-state index in [1.807, 2.05) is 0 Å². The van der Waals surface area contributed by atoms with Crippen LogP contribution in [0.25, 0.3) is 6.08 Å². The largest absolute Gasteiger partial charge is 0.493 e. The first-order chi connectivity index (χ1) is 13.0. The summed E-state index contributed by atoms with van der Waals surface area (Å²) in [6.07, 6.45) is 1.50. The summed E-state index contributed by atoms with van der Waals surface area (Å²) in [5.74, 6) is -1.01. The summed E-state index contributed by atoms with van der Waals surface area (Å²) < 4.78 is 28.9. The maximum absolute atomic E-state index is 13.3. The summed E-state index contributed by atoms with van der Waals surface area (Å²) in [6, 6.07) is 10.4. The van der Waals surface area contributed by atoms with Crippen molar-refractivity contribution in [2.24, 2.45) is 10.7 Å². The van der Waals surface area contributed by atoms with E-state index in [1.165, 1.54) is 31.4 Å². The number of primary amides is 1. The van der Waals surface area contributed by atoms with Gasteiger partial charge in [0.2, 0.25) is 5.90 Å². The Kier molecular flexibility index (Phi) is 5.16. The van der Waals surface area contributed by atoms with Crippen molar-refractivity contribution in [2.45, 2.75) is 0 Å². The summed E-state index contributed by atoms with van der Waals surface area (Å²) in [5, 5.41) is 0. The number of aliphatic imine (C=N–C) groups is 1. The van der Waals surface area contributed by atoms with Gasteiger partial charge in [-0.25, -0.2) is 14.2 Å². The van der Waals surface area contributed by atoms with Crippen molar-refractivity contribution < 1.29 is 28.2 Å². The molecule has 2 aromatic rings. The standard InChI is InChI=1S/C19H15FN2O5/c1-25-16-8-11(5-6-15(16)26-10-17(21)23)7-14-19(24)27-18(22-14)12-3-2-4-13(20)9-12/h2-9H,10H2,1H3,(H2,21,23)/b14-7-. The zero-order chi connectivity index (χ0) is 19.4. The molecule has 0 radical (unpaired) electrons. The zero-order valence-corrected chi connectivity index (χ0v) is 14.3. The number of nitrogens with two attached hydrogens (primary N) is 1. The van der Waals surface area contributed by atoms with Crippen LogP contribution in [0.3, 0.4) is 0 Å². The number of methoxy groups -OCH3 is 1. The number of cyclic esters (lactones) is 1. The second-order valence-electron chi connectivity index (χ2n) is 5.51. The number of ether oxygens (including phenoxy) is 3. The number of halogens is 1. The highest BCUT2D eigenvalue weighted by Crippen LogP contribution is 2.29. The summed E-state index contributed by atoms with van der Waals surface area (Å²) in [5.41, 5.74) is 6.06. The molecule has 3 rings (SSSR count). The van der Waals surface area contributed by atoms with Crippen molar-refractivity contribution in [1.29, 1.82) is 0 Å². The average Bonchev–Trinajstić information content (AvgIpc) is 3.01. The minimum Gasteiger partial charge on any atom is -0.493 e. The molecule has 138 valence electrons. The summed E-state index contributed by atoms with van der Waals surface area (Å²) in [7, 11) is 1.44. The molecular formula is C19H15FN2O5. The number of amides is 1. The predicted octanol–water partition coefficient (Wildman–Crippen LogP) is 2.04. The lowest BCUT2D eigenvalue weighted by Crippen LogP contribution is -2.20. The molecule has 2 N–H and O–H groups in total. The van der Waals surface area contributed by atoms with Gasteiger partial charge >= 0.3 is 5.97 Å². The van der Waals surface area contributed by atoms with Crippen molar-refractivity contribution in [1.82, 2.24) is 0 Å². The van der Waals surface area contributed by atoms with Crippen molar-refractivity contribution >= 4 is 23.9 Å². The van der Waals surface area contributed by atoms with Crippen LogP contribution in [0.5, 0.6) is 11.5 Å². The van der Waals surface area contributed by atoms with Gasteiger partial charge in [-0.1, -0.05) is 12.1 Å². The smallest absolute Gasteiger partial charge is 0.363 e. The van der Waals surface area contributed by atoms with Crippen LogP contribution in [0.1, 0.15) is 11.1 Å². The van der Waals surface area contributed by atoms with Crippen LogP contribution >= 0.6 is 0 Å². The number of benzene rings is 2. The number of hydrogen-bond donors (Lipinski definition) is 1. The molecule has 0 saturated carbocycles. The van der Waals surface area contributed by atoms with Crippen molar-refractivity contribution in [3.63, 3.8) is 0 Å². The van der Waals surface area contributed by atoms with Gasteiger partial charge in [0.15, 0.2) is 23.8 Å².